The molecule has 2 fully saturated rings. The second-order valence-corrected chi connectivity index (χ2v) is 6.44. The molecule has 0 aromatic heterocycles. The standard InChI is InChI=1S/C17H24N2O3/c1-17(2)21-13-9-10-19(11-12-7-5-4-6-8-12)14(15(13)22-17)16(20)18-3/h4-8,13-15H,9-11H2,1-3H3,(H,18,20)/t13-,14-,15-/m0/s1. The molecule has 3 atom stereocenters. The molecule has 2 aliphatic heterocycles. The molecule has 1 N–H and O–H groups in total. The number of hydrogen-bond donors (Lipinski definition) is 1. The Morgan fingerprint density at radius 1 is 1.32 bits per heavy atom. The number of ether oxygens (including phenoxy) is 2. The molecule has 0 unspecified atom stereocenters. The van der Waals surface area contributed by atoms with Crippen molar-refractivity contribution in [2.45, 2.75) is 50.8 Å². The summed E-state index contributed by atoms with van der Waals surface area (Å²) in [4.78, 5) is 14.6. The van der Waals surface area contributed by atoms with Gasteiger partial charge in [-0.3, -0.25) is 9.69 Å². The Morgan fingerprint density at radius 3 is 2.73 bits per heavy atom. The van der Waals surface area contributed by atoms with E-state index in [1.807, 2.05) is 32.0 Å². The van der Waals surface area contributed by atoms with Crippen LogP contribution in [0.15, 0.2) is 30.3 Å². The first-order valence-electron chi connectivity index (χ1n) is 7.85. The van der Waals surface area contributed by atoms with Crippen molar-refractivity contribution in [1.29, 1.82) is 0 Å². The average molecular weight is 304 g/mol. The molecule has 1 amide bonds. The number of fused-ring (bicyclic) bond motifs is 1. The average Bonchev–Trinajstić information content (AvgIpc) is 2.81. The summed E-state index contributed by atoms with van der Waals surface area (Å²) in [6.07, 6.45) is 0.658. The van der Waals surface area contributed by atoms with Gasteiger partial charge in [-0.2, -0.15) is 0 Å². The van der Waals surface area contributed by atoms with Crippen LogP contribution >= 0.6 is 0 Å². The first-order chi connectivity index (χ1) is 10.5. The topological polar surface area (TPSA) is 50.8 Å². The van der Waals surface area contributed by atoms with Gasteiger partial charge in [0.25, 0.3) is 0 Å². The summed E-state index contributed by atoms with van der Waals surface area (Å²) >= 11 is 0. The molecule has 1 aromatic carbocycles. The number of hydrogen-bond acceptors (Lipinski definition) is 4. The molecule has 0 bridgehead atoms. The first-order valence-corrected chi connectivity index (χ1v) is 7.85. The van der Waals surface area contributed by atoms with Crippen LogP contribution in [-0.4, -0.2) is 48.4 Å². The van der Waals surface area contributed by atoms with E-state index >= 15 is 0 Å². The summed E-state index contributed by atoms with van der Waals surface area (Å²) in [5.74, 6) is -0.628. The highest BCUT2D eigenvalue weighted by atomic mass is 16.8. The van der Waals surface area contributed by atoms with Gasteiger partial charge in [-0.25, -0.2) is 0 Å². The third-order valence-corrected chi connectivity index (χ3v) is 4.37. The fraction of sp³-hybridized carbons (Fsp3) is 0.588. The fourth-order valence-electron chi connectivity index (χ4n) is 3.45. The predicted octanol–water partition coefficient (Wildman–Crippen LogP) is 1.53. The summed E-state index contributed by atoms with van der Waals surface area (Å²) in [6, 6.07) is 9.91. The van der Waals surface area contributed by atoms with Crippen molar-refractivity contribution in [1.82, 2.24) is 10.2 Å². The fourth-order valence-corrected chi connectivity index (χ4v) is 3.45. The molecule has 0 spiro atoms. The lowest BCUT2D eigenvalue weighted by atomic mass is 9.94. The highest BCUT2D eigenvalue weighted by Gasteiger charge is 2.51. The molecular formula is C17H24N2O3. The minimum absolute atomic E-state index is 0.00747. The van der Waals surface area contributed by atoms with Crippen molar-refractivity contribution in [3.8, 4) is 0 Å². The molecule has 1 aromatic rings. The van der Waals surface area contributed by atoms with Gasteiger partial charge in [-0.15, -0.1) is 0 Å². The minimum Gasteiger partial charge on any atom is -0.358 e. The van der Waals surface area contributed by atoms with Gasteiger partial charge in [0.1, 0.15) is 12.1 Å². The summed E-state index contributed by atoms with van der Waals surface area (Å²) in [7, 11) is 1.67. The van der Waals surface area contributed by atoms with Crippen LogP contribution in [0, 0.1) is 0 Å². The largest absolute Gasteiger partial charge is 0.358 e. The number of rotatable bonds is 3. The van der Waals surface area contributed by atoms with Crippen LogP contribution in [0.5, 0.6) is 0 Å². The predicted molar refractivity (Wildman–Crippen MR) is 83.1 cm³/mol. The van der Waals surface area contributed by atoms with Gasteiger partial charge in [0.2, 0.25) is 5.91 Å². The lowest BCUT2D eigenvalue weighted by Crippen LogP contribution is -2.59. The van der Waals surface area contributed by atoms with E-state index in [2.05, 4.69) is 22.3 Å². The van der Waals surface area contributed by atoms with Crippen molar-refractivity contribution in [3.05, 3.63) is 35.9 Å². The van der Waals surface area contributed by atoms with Gasteiger partial charge in [0.05, 0.1) is 6.10 Å². The third-order valence-electron chi connectivity index (χ3n) is 4.37. The van der Waals surface area contributed by atoms with E-state index in [4.69, 9.17) is 9.47 Å². The maximum Gasteiger partial charge on any atom is 0.239 e. The summed E-state index contributed by atoms with van der Waals surface area (Å²) in [6.45, 7) is 5.39. The van der Waals surface area contributed by atoms with Crippen LogP contribution in [0.2, 0.25) is 0 Å². The molecule has 2 saturated heterocycles. The number of benzene rings is 1. The molecule has 120 valence electrons. The van der Waals surface area contributed by atoms with Gasteiger partial charge in [-0.1, -0.05) is 30.3 Å². The Hall–Kier alpha value is -1.43. The molecular weight excluding hydrogens is 280 g/mol. The van der Waals surface area contributed by atoms with E-state index in [1.54, 1.807) is 7.05 Å². The maximum absolute atomic E-state index is 12.4. The number of nitrogens with zero attached hydrogens (tertiary/aromatic N) is 1. The van der Waals surface area contributed by atoms with E-state index in [0.717, 1.165) is 19.5 Å². The number of likely N-dealkylation sites (tertiary alicyclic amines) is 1. The smallest absolute Gasteiger partial charge is 0.239 e. The zero-order valence-electron chi connectivity index (χ0n) is 13.4. The summed E-state index contributed by atoms with van der Waals surface area (Å²) in [5, 5.41) is 2.77. The van der Waals surface area contributed by atoms with Crippen LogP contribution in [-0.2, 0) is 20.8 Å². The quantitative estimate of drug-likeness (QED) is 0.920. The Bertz CT molecular complexity index is 532. The van der Waals surface area contributed by atoms with E-state index in [9.17, 15) is 4.79 Å². The van der Waals surface area contributed by atoms with Crippen LogP contribution in [0.3, 0.4) is 0 Å². The van der Waals surface area contributed by atoms with Crippen molar-refractivity contribution in [2.24, 2.45) is 0 Å². The molecule has 5 nitrogen and oxygen atoms in total. The zero-order chi connectivity index (χ0) is 15.7. The number of piperidine rings is 1. The zero-order valence-corrected chi connectivity index (χ0v) is 13.4. The Kier molecular flexibility index (Phi) is 4.21. The number of carbonyl (C=O) groups excluding carboxylic acids is 1. The molecule has 2 heterocycles. The number of nitrogens with one attached hydrogen (secondary N) is 1. The molecule has 3 rings (SSSR count). The van der Waals surface area contributed by atoms with Crippen LogP contribution in [0.25, 0.3) is 0 Å². The number of amides is 1. The highest BCUT2D eigenvalue weighted by molar-refractivity contribution is 5.82. The van der Waals surface area contributed by atoms with Crippen LogP contribution < -0.4 is 5.32 Å². The SMILES string of the molecule is CNC(=O)[C@@H]1[C@H]2OC(C)(C)O[C@H]2CCN1Cc1ccccc1. The Morgan fingerprint density at radius 2 is 2.05 bits per heavy atom. The Labute approximate surface area is 131 Å². The Balaban J connectivity index is 1.82. The van der Waals surface area contributed by atoms with E-state index in [-0.39, 0.29) is 24.2 Å². The number of carbonyl (C=O) groups is 1. The van der Waals surface area contributed by atoms with Gasteiger partial charge in [-0.05, 0) is 25.8 Å². The normalized spacial score (nSPS) is 30.8. The minimum atomic E-state index is -0.621. The lowest BCUT2D eigenvalue weighted by Gasteiger charge is -2.39. The molecule has 2 aliphatic rings. The van der Waals surface area contributed by atoms with E-state index in [1.165, 1.54) is 5.56 Å². The first kappa shape index (κ1) is 15.5. The third kappa shape index (κ3) is 3.02. The van der Waals surface area contributed by atoms with Crippen LogP contribution in [0.1, 0.15) is 25.8 Å². The van der Waals surface area contributed by atoms with Crippen LogP contribution in [0.4, 0.5) is 0 Å². The highest BCUT2D eigenvalue weighted by Crippen LogP contribution is 2.36. The molecule has 0 aliphatic carbocycles. The van der Waals surface area contributed by atoms with E-state index < -0.39 is 5.79 Å². The lowest BCUT2D eigenvalue weighted by molar-refractivity contribution is -0.153. The molecule has 22 heavy (non-hydrogen) atoms. The number of likely N-dealkylation sites (N-methyl/N-ethyl adjacent to an activating group) is 1. The van der Waals surface area contributed by atoms with Crippen molar-refractivity contribution in [3.63, 3.8) is 0 Å². The van der Waals surface area contributed by atoms with E-state index in [0.29, 0.717) is 0 Å². The summed E-state index contributed by atoms with van der Waals surface area (Å²) in [5.41, 5.74) is 1.20. The second-order valence-electron chi connectivity index (χ2n) is 6.44. The molecule has 0 saturated carbocycles. The monoisotopic (exact) mass is 304 g/mol. The van der Waals surface area contributed by atoms with Crippen molar-refractivity contribution < 1.29 is 14.3 Å². The van der Waals surface area contributed by atoms with Crippen molar-refractivity contribution in [2.75, 3.05) is 13.6 Å². The summed E-state index contributed by atoms with van der Waals surface area (Å²) < 4.78 is 12.0. The molecule has 5 heteroatoms. The maximum atomic E-state index is 12.4. The van der Waals surface area contributed by atoms with Gasteiger partial charge >= 0.3 is 0 Å². The van der Waals surface area contributed by atoms with Gasteiger partial charge in [0, 0.05) is 20.1 Å². The van der Waals surface area contributed by atoms with Gasteiger partial charge < -0.3 is 14.8 Å². The van der Waals surface area contributed by atoms with Crippen molar-refractivity contribution >= 4 is 5.91 Å². The van der Waals surface area contributed by atoms with Gasteiger partial charge in [0.15, 0.2) is 5.79 Å². The molecule has 0 radical (unpaired) electrons. The second kappa shape index (κ2) is 5.99.